The van der Waals surface area contributed by atoms with Crippen LogP contribution in [0, 0.1) is 6.92 Å². The van der Waals surface area contributed by atoms with E-state index in [2.05, 4.69) is 56.2 Å². The van der Waals surface area contributed by atoms with Gasteiger partial charge in [0, 0.05) is 8.95 Å². The SMILES string of the molecule is CCCNC(c1ccc(C)o1)c1cc(Br)ccc1Br. The first-order valence-electron chi connectivity index (χ1n) is 6.36. The molecule has 0 amide bonds. The van der Waals surface area contributed by atoms with Crippen LogP contribution in [-0.2, 0) is 0 Å². The first kappa shape index (κ1) is 14.8. The van der Waals surface area contributed by atoms with Crippen molar-refractivity contribution in [2.24, 2.45) is 0 Å². The number of hydrogen-bond acceptors (Lipinski definition) is 2. The van der Waals surface area contributed by atoms with E-state index in [1.165, 1.54) is 5.56 Å². The van der Waals surface area contributed by atoms with E-state index in [9.17, 15) is 0 Å². The van der Waals surface area contributed by atoms with Gasteiger partial charge < -0.3 is 9.73 Å². The van der Waals surface area contributed by atoms with Crippen molar-refractivity contribution in [2.75, 3.05) is 6.54 Å². The molecule has 2 nitrogen and oxygen atoms in total. The van der Waals surface area contributed by atoms with Crippen molar-refractivity contribution in [3.05, 3.63) is 56.4 Å². The minimum Gasteiger partial charge on any atom is -0.464 e. The molecule has 0 saturated carbocycles. The van der Waals surface area contributed by atoms with Gasteiger partial charge in [-0.25, -0.2) is 0 Å². The van der Waals surface area contributed by atoms with Crippen LogP contribution in [-0.4, -0.2) is 6.54 Å². The number of nitrogens with one attached hydrogen (secondary N) is 1. The maximum atomic E-state index is 5.79. The third kappa shape index (κ3) is 3.71. The maximum Gasteiger partial charge on any atom is 0.125 e. The van der Waals surface area contributed by atoms with E-state index in [0.717, 1.165) is 33.4 Å². The molecule has 19 heavy (non-hydrogen) atoms. The molecule has 1 unspecified atom stereocenters. The van der Waals surface area contributed by atoms with Gasteiger partial charge in [0.1, 0.15) is 11.5 Å². The van der Waals surface area contributed by atoms with Crippen LogP contribution in [0.15, 0.2) is 43.7 Å². The van der Waals surface area contributed by atoms with Crippen LogP contribution < -0.4 is 5.32 Å². The summed E-state index contributed by atoms with van der Waals surface area (Å²) in [6.45, 7) is 5.08. The summed E-state index contributed by atoms with van der Waals surface area (Å²) in [5.74, 6) is 1.88. The molecule has 1 heterocycles. The van der Waals surface area contributed by atoms with Crippen LogP contribution in [0.4, 0.5) is 0 Å². The Balaban J connectivity index is 2.39. The lowest BCUT2D eigenvalue weighted by molar-refractivity contribution is 0.430. The predicted molar refractivity (Wildman–Crippen MR) is 85.4 cm³/mol. The zero-order valence-corrected chi connectivity index (χ0v) is 14.2. The second-order valence-electron chi connectivity index (χ2n) is 4.50. The van der Waals surface area contributed by atoms with E-state index >= 15 is 0 Å². The molecule has 102 valence electrons. The molecule has 0 aliphatic rings. The van der Waals surface area contributed by atoms with Crippen LogP contribution in [0.25, 0.3) is 0 Å². The number of halogens is 2. The first-order chi connectivity index (χ1) is 9.11. The van der Waals surface area contributed by atoms with Gasteiger partial charge in [0.05, 0.1) is 6.04 Å². The number of hydrogen-bond donors (Lipinski definition) is 1. The highest BCUT2D eigenvalue weighted by Gasteiger charge is 2.19. The van der Waals surface area contributed by atoms with Crippen LogP contribution in [0.1, 0.15) is 36.5 Å². The van der Waals surface area contributed by atoms with Gasteiger partial charge in [-0.05, 0) is 55.8 Å². The van der Waals surface area contributed by atoms with Crippen molar-refractivity contribution < 1.29 is 4.42 Å². The van der Waals surface area contributed by atoms with Crippen molar-refractivity contribution in [1.82, 2.24) is 5.32 Å². The topological polar surface area (TPSA) is 25.2 Å². The molecule has 2 rings (SSSR count). The molecule has 4 heteroatoms. The van der Waals surface area contributed by atoms with E-state index in [1.807, 2.05) is 25.1 Å². The van der Waals surface area contributed by atoms with E-state index in [4.69, 9.17) is 4.42 Å². The standard InChI is InChI=1S/C15H17Br2NO/c1-3-8-18-15(14-7-4-10(2)19-14)12-9-11(16)5-6-13(12)17/h4-7,9,15,18H,3,8H2,1-2H3. The van der Waals surface area contributed by atoms with E-state index in [1.54, 1.807) is 0 Å². The van der Waals surface area contributed by atoms with Crippen LogP contribution >= 0.6 is 31.9 Å². The fourth-order valence-corrected chi connectivity index (χ4v) is 2.85. The van der Waals surface area contributed by atoms with Gasteiger partial charge >= 0.3 is 0 Å². The van der Waals surface area contributed by atoms with Gasteiger partial charge in [-0.3, -0.25) is 0 Å². The Bertz CT molecular complexity index is 551. The average Bonchev–Trinajstić information content (AvgIpc) is 2.80. The Morgan fingerprint density at radius 1 is 1.21 bits per heavy atom. The molecule has 0 bridgehead atoms. The molecular formula is C15H17Br2NO. The van der Waals surface area contributed by atoms with Crippen LogP contribution in [0.5, 0.6) is 0 Å². The molecule has 0 fully saturated rings. The molecule has 1 atom stereocenters. The number of rotatable bonds is 5. The minimum absolute atomic E-state index is 0.0699. The summed E-state index contributed by atoms with van der Waals surface area (Å²) in [6.07, 6.45) is 1.09. The number of benzene rings is 1. The third-order valence-electron chi connectivity index (χ3n) is 2.91. The van der Waals surface area contributed by atoms with Gasteiger partial charge in [-0.2, -0.15) is 0 Å². The lowest BCUT2D eigenvalue weighted by atomic mass is 10.0. The minimum atomic E-state index is 0.0699. The molecule has 1 aromatic carbocycles. The molecule has 2 aromatic rings. The highest BCUT2D eigenvalue weighted by atomic mass is 79.9. The lowest BCUT2D eigenvalue weighted by Gasteiger charge is -2.18. The molecule has 0 aliphatic carbocycles. The zero-order chi connectivity index (χ0) is 13.8. The Hall–Kier alpha value is -0.580. The first-order valence-corrected chi connectivity index (χ1v) is 7.95. The summed E-state index contributed by atoms with van der Waals surface area (Å²) < 4.78 is 7.94. The Labute approximate surface area is 130 Å². The smallest absolute Gasteiger partial charge is 0.125 e. The van der Waals surface area contributed by atoms with Gasteiger partial charge in [-0.15, -0.1) is 0 Å². The highest BCUT2D eigenvalue weighted by molar-refractivity contribution is 9.11. The summed E-state index contributed by atoms with van der Waals surface area (Å²) in [5.41, 5.74) is 1.18. The molecule has 0 spiro atoms. The molecule has 1 N–H and O–H groups in total. The van der Waals surface area contributed by atoms with Gasteiger partial charge in [0.15, 0.2) is 0 Å². The summed E-state index contributed by atoms with van der Waals surface area (Å²) in [5, 5.41) is 3.54. The summed E-state index contributed by atoms with van der Waals surface area (Å²) in [4.78, 5) is 0. The quantitative estimate of drug-likeness (QED) is 0.763. The van der Waals surface area contributed by atoms with Crippen LogP contribution in [0.3, 0.4) is 0 Å². The number of aryl methyl sites for hydroxylation is 1. The van der Waals surface area contributed by atoms with E-state index in [0.29, 0.717) is 0 Å². The third-order valence-corrected chi connectivity index (χ3v) is 4.13. The fraction of sp³-hybridized carbons (Fsp3) is 0.333. The Kier molecular flexibility index (Phi) is 5.25. The summed E-state index contributed by atoms with van der Waals surface area (Å²) >= 11 is 7.16. The second kappa shape index (κ2) is 6.73. The molecule has 0 aliphatic heterocycles. The Morgan fingerprint density at radius 3 is 2.63 bits per heavy atom. The highest BCUT2D eigenvalue weighted by Crippen LogP contribution is 2.31. The van der Waals surface area contributed by atoms with Crippen molar-refractivity contribution in [3.63, 3.8) is 0 Å². The Morgan fingerprint density at radius 2 is 2.00 bits per heavy atom. The fourth-order valence-electron chi connectivity index (χ4n) is 2.00. The van der Waals surface area contributed by atoms with Crippen molar-refractivity contribution in [1.29, 1.82) is 0 Å². The number of furan rings is 1. The van der Waals surface area contributed by atoms with Crippen molar-refractivity contribution in [3.8, 4) is 0 Å². The second-order valence-corrected chi connectivity index (χ2v) is 6.27. The van der Waals surface area contributed by atoms with Crippen molar-refractivity contribution in [2.45, 2.75) is 26.3 Å². The van der Waals surface area contributed by atoms with Gasteiger partial charge in [0.2, 0.25) is 0 Å². The molecule has 0 saturated heterocycles. The van der Waals surface area contributed by atoms with Crippen LogP contribution in [0.2, 0.25) is 0 Å². The molecule has 1 aromatic heterocycles. The average molecular weight is 387 g/mol. The zero-order valence-electron chi connectivity index (χ0n) is 11.0. The lowest BCUT2D eigenvalue weighted by Crippen LogP contribution is -2.23. The molecule has 0 radical (unpaired) electrons. The van der Waals surface area contributed by atoms with Gasteiger partial charge in [-0.1, -0.05) is 38.8 Å². The molecular weight excluding hydrogens is 370 g/mol. The summed E-state index contributed by atoms with van der Waals surface area (Å²) in [6, 6.07) is 10.3. The normalized spacial score (nSPS) is 12.6. The van der Waals surface area contributed by atoms with E-state index in [-0.39, 0.29) is 6.04 Å². The monoisotopic (exact) mass is 385 g/mol. The summed E-state index contributed by atoms with van der Waals surface area (Å²) in [7, 11) is 0. The maximum absolute atomic E-state index is 5.79. The van der Waals surface area contributed by atoms with Crippen molar-refractivity contribution >= 4 is 31.9 Å². The predicted octanol–water partition coefficient (Wildman–Crippen LogP) is 5.20. The van der Waals surface area contributed by atoms with E-state index < -0.39 is 0 Å². The van der Waals surface area contributed by atoms with Gasteiger partial charge in [0.25, 0.3) is 0 Å². The largest absolute Gasteiger partial charge is 0.464 e.